The molecule has 1 aliphatic carbocycles. The van der Waals surface area contributed by atoms with Crippen molar-refractivity contribution < 1.29 is 27.4 Å². The predicted octanol–water partition coefficient (Wildman–Crippen LogP) is 1.35. The molecule has 98 valence electrons. The lowest BCUT2D eigenvalue weighted by Gasteiger charge is -2.35. The van der Waals surface area contributed by atoms with Gasteiger partial charge in [-0.05, 0) is 12.8 Å². The molecule has 0 aromatic heterocycles. The Morgan fingerprint density at radius 3 is 2.18 bits per heavy atom. The summed E-state index contributed by atoms with van der Waals surface area (Å²) in [5, 5.41) is 1.99. The molecular weight excluding hydrogens is 239 g/mol. The SMILES string of the molecule is O=C(NC1CCC2(CC1)OCCO2)C(F)(F)F. The van der Waals surface area contributed by atoms with Crippen LogP contribution in [0, 0.1) is 0 Å². The number of alkyl halides is 3. The minimum Gasteiger partial charge on any atom is -0.348 e. The average molecular weight is 253 g/mol. The van der Waals surface area contributed by atoms with Crippen LogP contribution in [0.3, 0.4) is 0 Å². The van der Waals surface area contributed by atoms with Gasteiger partial charge in [0, 0.05) is 18.9 Å². The highest BCUT2D eigenvalue weighted by molar-refractivity contribution is 5.81. The lowest BCUT2D eigenvalue weighted by molar-refractivity contribution is -0.185. The van der Waals surface area contributed by atoms with Crippen molar-refractivity contribution in [2.24, 2.45) is 0 Å². The molecule has 4 nitrogen and oxygen atoms in total. The van der Waals surface area contributed by atoms with E-state index in [-0.39, 0.29) is 0 Å². The summed E-state index contributed by atoms with van der Waals surface area (Å²) in [5.41, 5.74) is 0. The van der Waals surface area contributed by atoms with Crippen LogP contribution in [-0.4, -0.2) is 37.1 Å². The highest BCUT2D eigenvalue weighted by Crippen LogP contribution is 2.35. The zero-order valence-electron chi connectivity index (χ0n) is 9.18. The molecule has 0 aromatic carbocycles. The molecule has 1 saturated heterocycles. The molecule has 2 aliphatic rings. The molecule has 2 fully saturated rings. The Labute approximate surface area is 96.4 Å². The molecule has 0 bridgehead atoms. The van der Waals surface area contributed by atoms with E-state index in [0.29, 0.717) is 38.9 Å². The van der Waals surface area contributed by atoms with E-state index in [0.717, 1.165) is 0 Å². The number of nitrogens with one attached hydrogen (secondary N) is 1. The van der Waals surface area contributed by atoms with Gasteiger partial charge in [-0.25, -0.2) is 0 Å². The van der Waals surface area contributed by atoms with Gasteiger partial charge in [0.05, 0.1) is 13.2 Å². The molecule has 1 spiro atoms. The van der Waals surface area contributed by atoms with Crippen LogP contribution in [0.25, 0.3) is 0 Å². The van der Waals surface area contributed by atoms with Crippen LogP contribution in [0.5, 0.6) is 0 Å². The van der Waals surface area contributed by atoms with E-state index < -0.39 is 23.9 Å². The molecule has 1 N–H and O–H groups in total. The third-order valence-corrected chi connectivity index (χ3v) is 3.15. The minimum absolute atomic E-state index is 0.442. The van der Waals surface area contributed by atoms with Gasteiger partial charge in [0.25, 0.3) is 0 Å². The summed E-state index contributed by atoms with van der Waals surface area (Å²) in [5.74, 6) is -2.48. The lowest BCUT2D eigenvalue weighted by Crippen LogP contribution is -2.47. The second kappa shape index (κ2) is 4.45. The monoisotopic (exact) mass is 253 g/mol. The fourth-order valence-corrected chi connectivity index (χ4v) is 2.25. The lowest BCUT2D eigenvalue weighted by atomic mass is 9.90. The highest BCUT2D eigenvalue weighted by Gasteiger charge is 2.43. The quantitative estimate of drug-likeness (QED) is 0.767. The van der Waals surface area contributed by atoms with Gasteiger partial charge in [-0.1, -0.05) is 0 Å². The minimum atomic E-state index is -4.81. The zero-order valence-corrected chi connectivity index (χ0v) is 9.18. The first-order chi connectivity index (χ1) is 7.91. The number of hydrogen-bond donors (Lipinski definition) is 1. The molecule has 17 heavy (non-hydrogen) atoms. The first-order valence-corrected chi connectivity index (χ1v) is 5.57. The van der Waals surface area contributed by atoms with Crippen molar-refractivity contribution in [3.63, 3.8) is 0 Å². The van der Waals surface area contributed by atoms with Crippen molar-refractivity contribution in [1.29, 1.82) is 0 Å². The fraction of sp³-hybridized carbons (Fsp3) is 0.900. The molecule has 1 heterocycles. The Morgan fingerprint density at radius 1 is 1.18 bits per heavy atom. The molecular formula is C10H14F3NO3. The van der Waals surface area contributed by atoms with Crippen LogP contribution in [0.4, 0.5) is 13.2 Å². The highest BCUT2D eigenvalue weighted by atomic mass is 19.4. The van der Waals surface area contributed by atoms with Gasteiger partial charge < -0.3 is 14.8 Å². The van der Waals surface area contributed by atoms with E-state index in [1.807, 2.05) is 5.32 Å². The first kappa shape index (κ1) is 12.6. The number of carbonyl (C=O) groups is 1. The van der Waals surface area contributed by atoms with Gasteiger partial charge in [-0.3, -0.25) is 4.79 Å². The second-order valence-corrected chi connectivity index (χ2v) is 4.35. The van der Waals surface area contributed by atoms with Gasteiger partial charge in [0.15, 0.2) is 5.79 Å². The Kier molecular flexibility index (Phi) is 3.31. The maximum atomic E-state index is 12.0. The molecule has 0 radical (unpaired) electrons. The molecule has 7 heteroatoms. The molecule has 1 amide bonds. The maximum Gasteiger partial charge on any atom is 0.471 e. The molecule has 0 unspecified atom stereocenters. The van der Waals surface area contributed by atoms with Crippen molar-refractivity contribution in [2.45, 2.75) is 43.7 Å². The van der Waals surface area contributed by atoms with Gasteiger partial charge in [0.2, 0.25) is 0 Å². The maximum absolute atomic E-state index is 12.0. The van der Waals surface area contributed by atoms with Gasteiger partial charge in [-0.2, -0.15) is 13.2 Å². The van der Waals surface area contributed by atoms with Crippen LogP contribution in [0.15, 0.2) is 0 Å². The Hall–Kier alpha value is -0.820. The summed E-state index contributed by atoms with van der Waals surface area (Å²) in [6.07, 6.45) is -2.87. The predicted molar refractivity (Wildman–Crippen MR) is 51.1 cm³/mol. The van der Waals surface area contributed by atoms with Gasteiger partial charge >= 0.3 is 12.1 Å². The number of hydrogen-bond acceptors (Lipinski definition) is 3. The summed E-state index contributed by atoms with van der Waals surface area (Å²) in [6.45, 7) is 1.05. The Bertz CT molecular complexity index is 290. The van der Waals surface area contributed by atoms with Crippen LogP contribution in [0.2, 0.25) is 0 Å². The van der Waals surface area contributed by atoms with Crippen molar-refractivity contribution in [2.75, 3.05) is 13.2 Å². The van der Waals surface area contributed by atoms with Crippen LogP contribution < -0.4 is 5.32 Å². The van der Waals surface area contributed by atoms with Crippen molar-refractivity contribution in [1.82, 2.24) is 5.32 Å². The number of amides is 1. The number of rotatable bonds is 1. The summed E-state index contributed by atoms with van der Waals surface area (Å²) in [7, 11) is 0. The summed E-state index contributed by atoms with van der Waals surface area (Å²) in [6, 6.07) is -0.442. The van der Waals surface area contributed by atoms with Crippen LogP contribution >= 0.6 is 0 Å². The van der Waals surface area contributed by atoms with Crippen molar-refractivity contribution in [3.05, 3.63) is 0 Å². The summed E-state index contributed by atoms with van der Waals surface area (Å²) < 4.78 is 47.0. The number of halogens is 3. The standard InChI is InChI=1S/C10H14F3NO3/c11-10(12,13)8(15)14-7-1-3-9(4-2-7)16-5-6-17-9/h7H,1-6H2,(H,14,15). The smallest absolute Gasteiger partial charge is 0.348 e. The van der Waals surface area contributed by atoms with E-state index >= 15 is 0 Å². The van der Waals surface area contributed by atoms with E-state index in [2.05, 4.69) is 0 Å². The number of ether oxygens (including phenoxy) is 2. The molecule has 2 rings (SSSR count). The largest absolute Gasteiger partial charge is 0.471 e. The number of carbonyl (C=O) groups excluding carboxylic acids is 1. The molecule has 0 aromatic rings. The summed E-state index contributed by atoms with van der Waals surface area (Å²) >= 11 is 0. The normalized spacial score (nSPS) is 25.1. The van der Waals surface area contributed by atoms with Gasteiger partial charge in [-0.15, -0.1) is 0 Å². The second-order valence-electron chi connectivity index (χ2n) is 4.35. The van der Waals surface area contributed by atoms with E-state index in [4.69, 9.17) is 9.47 Å². The third-order valence-electron chi connectivity index (χ3n) is 3.15. The first-order valence-electron chi connectivity index (χ1n) is 5.57. The third kappa shape index (κ3) is 2.90. The zero-order chi connectivity index (χ0) is 12.5. The molecule has 1 saturated carbocycles. The Morgan fingerprint density at radius 2 is 1.71 bits per heavy atom. The van der Waals surface area contributed by atoms with E-state index in [9.17, 15) is 18.0 Å². The van der Waals surface area contributed by atoms with E-state index in [1.54, 1.807) is 0 Å². The molecule has 1 aliphatic heterocycles. The van der Waals surface area contributed by atoms with Gasteiger partial charge in [0.1, 0.15) is 0 Å². The topological polar surface area (TPSA) is 47.6 Å². The average Bonchev–Trinajstić information content (AvgIpc) is 2.69. The van der Waals surface area contributed by atoms with Crippen molar-refractivity contribution in [3.8, 4) is 0 Å². The fourth-order valence-electron chi connectivity index (χ4n) is 2.25. The van der Waals surface area contributed by atoms with Crippen molar-refractivity contribution >= 4 is 5.91 Å². The molecule has 0 atom stereocenters. The van der Waals surface area contributed by atoms with E-state index in [1.165, 1.54) is 0 Å². The van der Waals surface area contributed by atoms with Crippen LogP contribution in [-0.2, 0) is 14.3 Å². The van der Waals surface area contributed by atoms with Crippen LogP contribution in [0.1, 0.15) is 25.7 Å². The summed E-state index contributed by atoms with van der Waals surface area (Å²) in [4.78, 5) is 10.7. The Balaban J connectivity index is 1.81.